The van der Waals surface area contributed by atoms with Crippen molar-refractivity contribution in [1.82, 2.24) is 15.5 Å². The Morgan fingerprint density at radius 3 is 2.62 bits per heavy atom. The molecular weight excluding hydrogens is 381 g/mol. The van der Waals surface area contributed by atoms with Crippen molar-refractivity contribution in [2.24, 2.45) is 0 Å². The predicted octanol–water partition coefficient (Wildman–Crippen LogP) is 3.89. The minimum absolute atomic E-state index is 0.218. The molecule has 0 radical (unpaired) electrons. The number of anilines is 1. The van der Waals surface area contributed by atoms with Gasteiger partial charge in [0.2, 0.25) is 0 Å². The van der Waals surface area contributed by atoms with Crippen LogP contribution < -0.4 is 10.2 Å². The van der Waals surface area contributed by atoms with E-state index in [1.54, 1.807) is 12.1 Å². The Bertz CT molecular complexity index is 1020. The van der Waals surface area contributed by atoms with Crippen LogP contribution in [0.5, 0.6) is 0 Å². The van der Waals surface area contributed by atoms with Crippen LogP contribution in [-0.4, -0.2) is 35.2 Å². The third-order valence-electron chi connectivity index (χ3n) is 4.97. The molecule has 1 amide bonds. The molecule has 0 bridgehead atoms. The molecule has 1 atom stereocenters. The molecule has 4 rings (SSSR count). The Kier molecular flexibility index (Phi) is 5.24. The van der Waals surface area contributed by atoms with E-state index < -0.39 is 17.5 Å². The minimum Gasteiger partial charge on any atom is -0.353 e. The standard InChI is InChI=1S/C21H19F3N4O/c22-14-5-3-13(4-6-14)19-11-20(27-26-19)28-9-1-2-16(12-28)25-21(29)17-10-15(23)7-8-18(17)24/h3-8,10-11,16H,1-2,9,12H2,(H,25,29)(H,26,27). The molecule has 0 aliphatic carbocycles. The number of nitrogens with zero attached hydrogens (tertiary/aromatic N) is 2. The van der Waals surface area contributed by atoms with Crippen molar-refractivity contribution in [3.63, 3.8) is 0 Å². The van der Waals surface area contributed by atoms with Gasteiger partial charge in [-0.15, -0.1) is 0 Å². The molecule has 1 saturated heterocycles. The van der Waals surface area contributed by atoms with Crippen LogP contribution in [0.3, 0.4) is 0 Å². The van der Waals surface area contributed by atoms with Gasteiger partial charge < -0.3 is 10.2 Å². The molecule has 1 aliphatic heterocycles. The second-order valence-corrected chi connectivity index (χ2v) is 7.03. The second kappa shape index (κ2) is 7.98. The van der Waals surface area contributed by atoms with Crippen molar-refractivity contribution >= 4 is 11.7 Å². The fourth-order valence-corrected chi connectivity index (χ4v) is 3.49. The number of H-pyrrole nitrogens is 1. The molecule has 2 aromatic carbocycles. The molecule has 0 saturated carbocycles. The maximum Gasteiger partial charge on any atom is 0.254 e. The lowest BCUT2D eigenvalue weighted by Gasteiger charge is -2.33. The van der Waals surface area contributed by atoms with Crippen LogP contribution in [-0.2, 0) is 0 Å². The number of benzene rings is 2. The Hall–Kier alpha value is -3.29. The molecular formula is C21H19F3N4O. The number of halogens is 3. The molecule has 8 heteroatoms. The summed E-state index contributed by atoms with van der Waals surface area (Å²) in [6, 6.07) is 10.6. The van der Waals surface area contributed by atoms with E-state index in [1.807, 2.05) is 11.0 Å². The predicted molar refractivity (Wildman–Crippen MR) is 103 cm³/mol. The number of carbonyl (C=O) groups excluding carboxylic acids is 1. The van der Waals surface area contributed by atoms with Gasteiger partial charge in [0.15, 0.2) is 5.82 Å². The molecule has 5 nitrogen and oxygen atoms in total. The molecule has 1 fully saturated rings. The Morgan fingerprint density at radius 2 is 1.83 bits per heavy atom. The number of aromatic amines is 1. The van der Waals surface area contributed by atoms with E-state index in [1.165, 1.54) is 12.1 Å². The van der Waals surface area contributed by atoms with Gasteiger partial charge in [0.05, 0.1) is 11.3 Å². The maximum atomic E-state index is 13.8. The third-order valence-corrected chi connectivity index (χ3v) is 4.97. The zero-order valence-electron chi connectivity index (χ0n) is 15.5. The number of hydrogen-bond donors (Lipinski definition) is 2. The number of hydrogen-bond acceptors (Lipinski definition) is 3. The van der Waals surface area contributed by atoms with Crippen molar-refractivity contribution in [1.29, 1.82) is 0 Å². The number of carbonyl (C=O) groups is 1. The van der Waals surface area contributed by atoms with Crippen LogP contribution in [0, 0.1) is 17.5 Å². The smallest absolute Gasteiger partial charge is 0.254 e. The van der Waals surface area contributed by atoms with Crippen LogP contribution in [0.4, 0.5) is 19.0 Å². The first-order valence-electron chi connectivity index (χ1n) is 9.32. The van der Waals surface area contributed by atoms with Crippen LogP contribution in [0.15, 0.2) is 48.5 Å². The van der Waals surface area contributed by atoms with Gasteiger partial charge in [-0.25, -0.2) is 13.2 Å². The van der Waals surface area contributed by atoms with E-state index in [-0.39, 0.29) is 17.4 Å². The number of piperidine rings is 1. The van der Waals surface area contributed by atoms with E-state index in [0.717, 1.165) is 48.8 Å². The summed E-state index contributed by atoms with van der Waals surface area (Å²) in [5.74, 6) is -1.65. The highest BCUT2D eigenvalue weighted by atomic mass is 19.1. The van der Waals surface area contributed by atoms with Crippen molar-refractivity contribution in [2.75, 3.05) is 18.0 Å². The largest absolute Gasteiger partial charge is 0.353 e. The van der Waals surface area contributed by atoms with E-state index >= 15 is 0 Å². The quantitative estimate of drug-likeness (QED) is 0.699. The summed E-state index contributed by atoms with van der Waals surface area (Å²) >= 11 is 0. The van der Waals surface area contributed by atoms with Gasteiger partial charge in [-0.3, -0.25) is 9.89 Å². The fraction of sp³-hybridized carbons (Fsp3) is 0.238. The van der Waals surface area contributed by atoms with E-state index in [0.29, 0.717) is 12.4 Å². The fourth-order valence-electron chi connectivity index (χ4n) is 3.49. The summed E-state index contributed by atoms with van der Waals surface area (Å²) in [5, 5.41) is 10.0. The highest BCUT2D eigenvalue weighted by Crippen LogP contribution is 2.24. The first-order valence-corrected chi connectivity index (χ1v) is 9.32. The summed E-state index contributed by atoms with van der Waals surface area (Å²) in [6.07, 6.45) is 1.55. The van der Waals surface area contributed by atoms with Crippen LogP contribution in [0.1, 0.15) is 23.2 Å². The average Bonchev–Trinajstić information content (AvgIpc) is 3.21. The average molecular weight is 400 g/mol. The normalized spacial score (nSPS) is 16.7. The zero-order valence-corrected chi connectivity index (χ0v) is 15.5. The van der Waals surface area contributed by atoms with Crippen molar-refractivity contribution < 1.29 is 18.0 Å². The summed E-state index contributed by atoms with van der Waals surface area (Å²) < 4.78 is 40.3. The Morgan fingerprint density at radius 1 is 1.07 bits per heavy atom. The lowest BCUT2D eigenvalue weighted by atomic mass is 10.0. The lowest BCUT2D eigenvalue weighted by molar-refractivity contribution is 0.0928. The first kappa shape index (κ1) is 19.0. The van der Waals surface area contributed by atoms with Gasteiger partial charge in [0.1, 0.15) is 17.5 Å². The van der Waals surface area contributed by atoms with Crippen molar-refractivity contribution in [2.45, 2.75) is 18.9 Å². The molecule has 3 aromatic rings. The maximum absolute atomic E-state index is 13.8. The highest BCUT2D eigenvalue weighted by molar-refractivity contribution is 5.94. The molecule has 1 aliphatic rings. The summed E-state index contributed by atoms with van der Waals surface area (Å²) in [5.41, 5.74) is 1.27. The van der Waals surface area contributed by atoms with Gasteiger partial charge in [0, 0.05) is 25.2 Å². The summed E-state index contributed by atoms with van der Waals surface area (Å²) in [7, 11) is 0. The number of rotatable bonds is 4. The number of amides is 1. The monoisotopic (exact) mass is 400 g/mol. The van der Waals surface area contributed by atoms with Crippen LogP contribution >= 0.6 is 0 Å². The summed E-state index contributed by atoms with van der Waals surface area (Å²) in [4.78, 5) is 14.4. The minimum atomic E-state index is -0.757. The van der Waals surface area contributed by atoms with E-state index in [9.17, 15) is 18.0 Å². The molecule has 150 valence electrons. The van der Waals surface area contributed by atoms with E-state index in [4.69, 9.17) is 0 Å². The third kappa shape index (κ3) is 4.26. The SMILES string of the molecule is O=C(NC1CCCN(c2cc(-c3ccc(F)cc3)[nH]n2)C1)c1cc(F)ccc1F. The van der Waals surface area contributed by atoms with Gasteiger partial charge in [-0.1, -0.05) is 0 Å². The zero-order chi connectivity index (χ0) is 20.4. The Balaban J connectivity index is 1.44. The number of nitrogens with one attached hydrogen (secondary N) is 2. The second-order valence-electron chi connectivity index (χ2n) is 7.03. The van der Waals surface area contributed by atoms with Gasteiger partial charge in [-0.2, -0.15) is 5.10 Å². The molecule has 2 N–H and O–H groups in total. The lowest BCUT2D eigenvalue weighted by Crippen LogP contribution is -2.48. The van der Waals surface area contributed by atoms with Crippen molar-refractivity contribution in [3.8, 4) is 11.3 Å². The van der Waals surface area contributed by atoms with Crippen molar-refractivity contribution in [3.05, 3.63) is 71.5 Å². The van der Waals surface area contributed by atoms with Crippen LogP contribution in [0.25, 0.3) is 11.3 Å². The summed E-state index contributed by atoms with van der Waals surface area (Å²) in [6.45, 7) is 1.25. The molecule has 1 unspecified atom stereocenters. The number of aromatic nitrogens is 2. The van der Waals surface area contributed by atoms with Gasteiger partial charge >= 0.3 is 0 Å². The topological polar surface area (TPSA) is 61.0 Å². The molecule has 0 spiro atoms. The Labute approximate surface area is 165 Å². The molecule has 2 heterocycles. The van der Waals surface area contributed by atoms with Gasteiger partial charge in [0.25, 0.3) is 5.91 Å². The molecule has 1 aromatic heterocycles. The van der Waals surface area contributed by atoms with Crippen LogP contribution in [0.2, 0.25) is 0 Å². The van der Waals surface area contributed by atoms with Gasteiger partial charge in [-0.05, 0) is 60.9 Å². The van der Waals surface area contributed by atoms with E-state index in [2.05, 4.69) is 15.5 Å². The molecule has 29 heavy (non-hydrogen) atoms. The first-order chi connectivity index (χ1) is 14.0. The highest BCUT2D eigenvalue weighted by Gasteiger charge is 2.24.